The van der Waals surface area contributed by atoms with Gasteiger partial charge in [-0.25, -0.2) is 0 Å². The molecule has 0 aliphatic carbocycles. The second kappa shape index (κ2) is 54.2. The third-order valence-corrected chi connectivity index (χ3v) is 13.7. The maximum atomic E-state index is 12.8. The van der Waals surface area contributed by atoms with Gasteiger partial charge in [-0.1, -0.05) is 241 Å². The summed E-state index contributed by atoms with van der Waals surface area (Å²) in [7, 11) is 1.35. The first-order chi connectivity index (χ1) is 34.6. The van der Waals surface area contributed by atoms with E-state index in [2.05, 4.69) is 86.8 Å². The lowest BCUT2D eigenvalue weighted by Gasteiger charge is -2.28. The summed E-state index contributed by atoms with van der Waals surface area (Å²) in [5, 5.41) is 0. The van der Waals surface area contributed by atoms with Gasteiger partial charge in [0.05, 0.1) is 34.4 Å². The number of phosphoric ester groups is 1. The summed E-state index contributed by atoms with van der Waals surface area (Å²) < 4.78 is 34.9. The van der Waals surface area contributed by atoms with Crippen LogP contribution in [0.1, 0.15) is 258 Å². The number of esters is 1. The van der Waals surface area contributed by atoms with Crippen molar-refractivity contribution < 1.29 is 37.3 Å². The van der Waals surface area contributed by atoms with Gasteiger partial charge < -0.3 is 27.9 Å². The lowest BCUT2D eigenvalue weighted by atomic mass is 10.0. The van der Waals surface area contributed by atoms with Crippen LogP contribution in [0.25, 0.3) is 0 Å². The Bertz CT molecular complexity index is 1370. The molecular weight excluding hydrogens is 902 g/mol. The molecule has 9 heteroatoms. The fraction of sp³-hybridized carbons (Fsp3) is 0.790. The summed E-state index contributed by atoms with van der Waals surface area (Å²) in [5.41, 5.74) is 0. The zero-order chi connectivity index (χ0) is 51.9. The van der Waals surface area contributed by atoms with E-state index in [1.807, 2.05) is 21.1 Å². The van der Waals surface area contributed by atoms with Gasteiger partial charge in [0.2, 0.25) is 0 Å². The minimum atomic E-state index is -4.54. The third-order valence-electron chi connectivity index (χ3n) is 12.7. The van der Waals surface area contributed by atoms with E-state index in [-0.39, 0.29) is 25.8 Å². The van der Waals surface area contributed by atoms with Crippen molar-refractivity contribution >= 4 is 13.8 Å². The fourth-order valence-corrected chi connectivity index (χ4v) is 8.95. The molecular formula is C62H114NO7P. The zero-order valence-electron chi connectivity index (χ0n) is 47.2. The Morgan fingerprint density at radius 1 is 0.451 bits per heavy atom. The summed E-state index contributed by atoms with van der Waals surface area (Å²) in [5.74, 6) is -0.335. The number of rotatable bonds is 55. The Hall–Kier alpha value is -2.06. The number of phosphoric acid groups is 1. The van der Waals surface area contributed by atoms with Gasteiger partial charge in [0.15, 0.2) is 0 Å². The second-order valence-corrected chi connectivity index (χ2v) is 22.4. The predicted molar refractivity (Wildman–Crippen MR) is 305 cm³/mol. The predicted octanol–water partition coefficient (Wildman–Crippen LogP) is 18.3. The van der Waals surface area contributed by atoms with Gasteiger partial charge in [-0.15, -0.1) is 0 Å². The number of quaternary nitrogens is 1. The Kier molecular flexibility index (Phi) is 52.6. The van der Waals surface area contributed by atoms with E-state index >= 15 is 0 Å². The summed E-state index contributed by atoms with van der Waals surface area (Å²) >= 11 is 0. The molecule has 0 spiro atoms. The average molecular weight is 1020 g/mol. The minimum Gasteiger partial charge on any atom is -0.756 e. The SMILES string of the molecule is CC/C=C\C/C=C\C/C=C\C/C=C\C/C=C\CCCCCCCCCCCCOCC(COP(=O)([O-])OCC[N+](C)(C)C)OC(=O)CCCCCCCCCCCCC/C=C\CCCCCCCCCC. The standard InChI is InChI=1S/C62H114NO7P/c1-6-8-10-12-14-16-18-20-22-24-26-28-30-31-32-34-36-38-40-42-44-46-48-50-52-54-57-67-59-61(60-69-71(65,66)68-58-56-63(3,4)5)70-62(64)55-53-51-49-47-45-43-41-39-37-35-33-29-27-25-23-21-19-17-15-13-11-9-7-2/h8,10,14,16,20,22,25-28,31-32,61H,6-7,9,11-13,15,17-19,21,23-24,29-30,33-60H2,1-5H3/b10-8-,16-14-,22-20-,27-25-,28-26-,32-31-. The van der Waals surface area contributed by atoms with Crippen molar-refractivity contribution in [3.8, 4) is 0 Å². The van der Waals surface area contributed by atoms with Crippen molar-refractivity contribution in [2.24, 2.45) is 0 Å². The molecule has 0 heterocycles. The largest absolute Gasteiger partial charge is 0.756 e. The number of unbranched alkanes of at least 4 members (excludes halogenated alkanes) is 29. The van der Waals surface area contributed by atoms with Crippen molar-refractivity contribution in [1.82, 2.24) is 0 Å². The van der Waals surface area contributed by atoms with E-state index in [0.29, 0.717) is 24.1 Å². The minimum absolute atomic E-state index is 0.0230. The molecule has 0 fully saturated rings. The monoisotopic (exact) mass is 1020 g/mol. The van der Waals surface area contributed by atoms with Gasteiger partial charge in [0.25, 0.3) is 7.82 Å². The van der Waals surface area contributed by atoms with E-state index < -0.39 is 13.9 Å². The number of likely N-dealkylation sites (N-methyl/N-ethyl adjacent to an activating group) is 1. The molecule has 0 aromatic heterocycles. The maximum absolute atomic E-state index is 12.8. The molecule has 0 aromatic carbocycles. The zero-order valence-corrected chi connectivity index (χ0v) is 48.1. The number of ether oxygens (including phenoxy) is 2. The van der Waals surface area contributed by atoms with Crippen molar-refractivity contribution in [1.29, 1.82) is 0 Å². The fourth-order valence-electron chi connectivity index (χ4n) is 8.22. The van der Waals surface area contributed by atoms with Gasteiger partial charge in [-0.05, 0) is 83.5 Å². The highest BCUT2D eigenvalue weighted by Gasteiger charge is 2.20. The van der Waals surface area contributed by atoms with Crippen LogP contribution in [-0.2, 0) is 27.9 Å². The molecule has 0 radical (unpaired) electrons. The molecule has 0 aromatic rings. The first-order valence-corrected chi connectivity index (χ1v) is 31.1. The van der Waals surface area contributed by atoms with Gasteiger partial charge in [0.1, 0.15) is 19.3 Å². The van der Waals surface area contributed by atoms with Crippen LogP contribution < -0.4 is 4.89 Å². The van der Waals surface area contributed by atoms with Gasteiger partial charge in [-0.3, -0.25) is 9.36 Å². The van der Waals surface area contributed by atoms with Crippen molar-refractivity contribution in [3.63, 3.8) is 0 Å². The molecule has 0 aliphatic heterocycles. The number of hydrogen-bond donors (Lipinski definition) is 0. The first-order valence-electron chi connectivity index (χ1n) is 29.7. The Labute approximate surface area is 440 Å². The molecule has 0 aliphatic rings. The Morgan fingerprint density at radius 3 is 1.24 bits per heavy atom. The molecule has 414 valence electrons. The molecule has 0 bridgehead atoms. The topological polar surface area (TPSA) is 94.1 Å². The summed E-state index contributed by atoms with van der Waals surface area (Å²) in [4.78, 5) is 25.3. The lowest BCUT2D eigenvalue weighted by Crippen LogP contribution is -2.37. The number of hydrogen-bond acceptors (Lipinski definition) is 7. The van der Waals surface area contributed by atoms with Crippen LogP contribution in [0.2, 0.25) is 0 Å². The first kappa shape index (κ1) is 68.9. The van der Waals surface area contributed by atoms with Gasteiger partial charge in [-0.2, -0.15) is 0 Å². The number of carbonyl (C=O) groups is 1. The molecule has 0 amide bonds. The molecule has 2 unspecified atom stereocenters. The van der Waals surface area contributed by atoms with Crippen molar-refractivity contribution in [2.75, 3.05) is 54.1 Å². The smallest absolute Gasteiger partial charge is 0.306 e. The number of carbonyl (C=O) groups excluding carboxylic acids is 1. The van der Waals surface area contributed by atoms with Crippen LogP contribution in [0.15, 0.2) is 72.9 Å². The molecule has 0 rings (SSSR count). The van der Waals surface area contributed by atoms with Crippen LogP contribution >= 0.6 is 7.82 Å². The quantitative estimate of drug-likeness (QED) is 0.0197. The Balaban J connectivity index is 4.07. The second-order valence-electron chi connectivity index (χ2n) is 21.0. The van der Waals surface area contributed by atoms with Crippen LogP contribution in [0.4, 0.5) is 0 Å². The number of allylic oxidation sites excluding steroid dienone is 12. The summed E-state index contributed by atoms with van der Waals surface area (Å²) in [6.07, 6.45) is 72.3. The lowest BCUT2D eigenvalue weighted by molar-refractivity contribution is -0.870. The average Bonchev–Trinajstić information content (AvgIpc) is 3.33. The molecule has 0 N–H and O–H groups in total. The van der Waals surface area contributed by atoms with Gasteiger partial charge >= 0.3 is 5.97 Å². The van der Waals surface area contributed by atoms with Crippen LogP contribution in [0.3, 0.4) is 0 Å². The van der Waals surface area contributed by atoms with E-state index in [9.17, 15) is 14.3 Å². The molecule has 0 saturated heterocycles. The third kappa shape index (κ3) is 58.7. The maximum Gasteiger partial charge on any atom is 0.306 e. The van der Waals surface area contributed by atoms with Gasteiger partial charge in [0, 0.05) is 13.0 Å². The summed E-state index contributed by atoms with van der Waals surface area (Å²) in [6.45, 7) is 5.32. The van der Waals surface area contributed by atoms with Crippen LogP contribution in [-0.4, -0.2) is 70.7 Å². The van der Waals surface area contributed by atoms with E-state index in [1.54, 1.807) is 0 Å². The molecule has 2 atom stereocenters. The van der Waals surface area contributed by atoms with E-state index in [4.69, 9.17) is 18.5 Å². The van der Waals surface area contributed by atoms with Crippen LogP contribution in [0, 0.1) is 0 Å². The Morgan fingerprint density at radius 2 is 0.817 bits per heavy atom. The normalized spacial score (nSPS) is 13.9. The highest BCUT2D eigenvalue weighted by Crippen LogP contribution is 2.38. The highest BCUT2D eigenvalue weighted by atomic mass is 31.2. The molecule has 0 saturated carbocycles. The molecule has 71 heavy (non-hydrogen) atoms. The van der Waals surface area contributed by atoms with Crippen molar-refractivity contribution in [2.45, 2.75) is 264 Å². The van der Waals surface area contributed by atoms with Crippen molar-refractivity contribution in [3.05, 3.63) is 72.9 Å². The van der Waals surface area contributed by atoms with Crippen LogP contribution in [0.5, 0.6) is 0 Å². The van der Waals surface area contributed by atoms with E-state index in [0.717, 1.165) is 64.2 Å². The highest BCUT2D eigenvalue weighted by molar-refractivity contribution is 7.45. The summed E-state index contributed by atoms with van der Waals surface area (Å²) in [6, 6.07) is 0. The number of nitrogens with zero attached hydrogens (tertiary/aromatic N) is 1. The van der Waals surface area contributed by atoms with E-state index in [1.165, 1.54) is 173 Å². The molecule has 8 nitrogen and oxygen atoms in total.